The molecule has 0 aliphatic heterocycles. The lowest BCUT2D eigenvalue weighted by Gasteiger charge is -2.10. The summed E-state index contributed by atoms with van der Waals surface area (Å²) in [6, 6.07) is 11.2. The zero-order valence-corrected chi connectivity index (χ0v) is 11.0. The van der Waals surface area contributed by atoms with Gasteiger partial charge in [-0.2, -0.15) is 0 Å². The van der Waals surface area contributed by atoms with Crippen LogP contribution in [-0.4, -0.2) is 5.11 Å². The number of hydrogen-bond acceptors (Lipinski definition) is 1. The highest BCUT2D eigenvalue weighted by Gasteiger charge is 2.04. The second kappa shape index (κ2) is 5.75. The molecule has 0 atom stereocenters. The number of nitrogens with one attached hydrogen (secondary N) is 2. The molecule has 0 aromatic heterocycles. The first kappa shape index (κ1) is 13.4. The fourth-order valence-electron chi connectivity index (χ4n) is 1.50. The van der Waals surface area contributed by atoms with E-state index in [-0.39, 0.29) is 0 Å². The van der Waals surface area contributed by atoms with Gasteiger partial charge in [0, 0.05) is 17.4 Å². The van der Waals surface area contributed by atoms with E-state index in [9.17, 15) is 8.78 Å². The van der Waals surface area contributed by atoms with Gasteiger partial charge in [-0.1, -0.05) is 17.7 Å². The summed E-state index contributed by atoms with van der Waals surface area (Å²) in [7, 11) is 0. The van der Waals surface area contributed by atoms with Gasteiger partial charge in [-0.25, -0.2) is 8.78 Å². The quantitative estimate of drug-likeness (QED) is 0.809. The summed E-state index contributed by atoms with van der Waals surface area (Å²) >= 11 is 5.09. The Morgan fingerprint density at radius 2 is 1.47 bits per heavy atom. The summed E-state index contributed by atoms with van der Waals surface area (Å²) in [6.07, 6.45) is 0. The Bertz CT molecular complexity index is 597. The van der Waals surface area contributed by atoms with E-state index in [1.807, 2.05) is 31.2 Å². The number of benzene rings is 2. The number of halogens is 2. The molecule has 0 aliphatic rings. The number of anilines is 2. The lowest BCUT2D eigenvalue weighted by molar-refractivity contribution is 0.509. The molecule has 98 valence electrons. The molecule has 0 amide bonds. The first-order valence-electron chi connectivity index (χ1n) is 5.64. The van der Waals surface area contributed by atoms with Gasteiger partial charge < -0.3 is 10.6 Å². The molecule has 0 bridgehead atoms. The largest absolute Gasteiger partial charge is 0.332 e. The van der Waals surface area contributed by atoms with Crippen molar-refractivity contribution in [3.05, 3.63) is 59.7 Å². The fraction of sp³-hybridized carbons (Fsp3) is 0.0714. The summed E-state index contributed by atoms with van der Waals surface area (Å²) in [5.41, 5.74) is 2.36. The molecule has 0 spiro atoms. The van der Waals surface area contributed by atoms with Crippen molar-refractivity contribution in [2.75, 3.05) is 10.6 Å². The Morgan fingerprint density at radius 1 is 0.895 bits per heavy atom. The molecule has 2 nitrogen and oxygen atoms in total. The third-order valence-corrected chi connectivity index (χ3v) is 2.69. The number of aryl methyl sites for hydroxylation is 1. The molecule has 0 saturated carbocycles. The van der Waals surface area contributed by atoms with Gasteiger partial charge in [0.05, 0.1) is 0 Å². The maximum atomic E-state index is 13.0. The molecule has 2 N–H and O–H groups in total. The van der Waals surface area contributed by atoms with Crippen molar-refractivity contribution in [2.45, 2.75) is 6.92 Å². The van der Waals surface area contributed by atoms with E-state index >= 15 is 0 Å². The third-order valence-electron chi connectivity index (χ3n) is 2.49. The van der Waals surface area contributed by atoms with E-state index in [2.05, 4.69) is 10.6 Å². The Morgan fingerprint density at radius 3 is 2.11 bits per heavy atom. The molecule has 0 radical (unpaired) electrons. The van der Waals surface area contributed by atoms with Gasteiger partial charge in [0.25, 0.3) is 0 Å². The summed E-state index contributed by atoms with van der Waals surface area (Å²) in [5.74, 6) is -1.80. The molecule has 0 saturated heterocycles. The van der Waals surface area contributed by atoms with Crippen LogP contribution in [0, 0.1) is 18.6 Å². The average molecular weight is 278 g/mol. The predicted molar refractivity (Wildman–Crippen MR) is 77.4 cm³/mol. The highest BCUT2D eigenvalue weighted by molar-refractivity contribution is 7.80. The minimum Gasteiger partial charge on any atom is -0.332 e. The highest BCUT2D eigenvalue weighted by atomic mass is 32.1. The zero-order chi connectivity index (χ0) is 13.8. The molecule has 0 fully saturated rings. The SMILES string of the molecule is Cc1ccc(NC(=S)Nc2ccc(F)c(F)c2)cc1. The Kier molecular flexibility index (Phi) is 4.06. The van der Waals surface area contributed by atoms with Crippen molar-refractivity contribution in [3.63, 3.8) is 0 Å². The first-order chi connectivity index (χ1) is 9.04. The zero-order valence-electron chi connectivity index (χ0n) is 10.2. The Balaban J connectivity index is 2.01. The monoisotopic (exact) mass is 278 g/mol. The topological polar surface area (TPSA) is 24.1 Å². The highest BCUT2D eigenvalue weighted by Crippen LogP contribution is 2.14. The lowest BCUT2D eigenvalue weighted by Crippen LogP contribution is -2.19. The van der Waals surface area contributed by atoms with Crippen LogP contribution in [0.4, 0.5) is 20.2 Å². The maximum absolute atomic E-state index is 13.0. The summed E-state index contributed by atoms with van der Waals surface area (Å²) in [4.78, 5) is 0. The van der Waals surface area contributed by atoms with E-state index in [0.29, 0.717) is 10.8 Å². The molecule has 5 heteroatoms. The van der Waals surface area contributed by atoms with Crippen molar-refractivity contribution >= 4 is 28.7 Å². The Hall–Kier alpha value is -2.01. The third kappa shape index (κ3) is 3.72. The van der Waals surface area contributed by atoms with Crippen LogP contribution >= 0.6 is 12.2 Å². The molecule has 19 heavy (non-hydrogen) atoms. The predicted octanol–water partition coefficient (Wildman–Crippen LogP) is 4.08. The van der Waals surface area contributed by atoms with Gasteiger partial charge in [-0.15, -0.1) is 0 Å². The van der Waals surface area contributed by atoms with Crippen LogP contribution in [0.15, 0.2) is 42.5 Å². The van der Waals surface area contributed by atoms with Gasteiger partial charge in [-0.3, -0.25) is 0 Å². The van der Waals surface area contributed by atoms with Crippen LogP contribution < -0.4 is 10.6 Å². The van der Waals surface area contributed by atoms with Gasteiger partial charge >= 0.3 is 0 Å². The average Bonchev–Trinajstić information content (AvgIpc) is 2.37. The van der Waals surface area contributed by atoms with E-state index in [0.717, 1.165) is 23.4 Å². The molecular formula is C14H12F2N2S. The van der Waals surface area contributed by atoms with E-state index in [1.165, 1.54) is 6.07 Å². The lowest BCUT2D eigenvalue weighted by atomic mass is 10.2. The van der Waals surface area contributed by atoms with Crippen LogP contribution in [0.25, 0.3) is 0 Å². The first-order valence-corrected chi connectivity index (χ1v) is 6.05. The second-order valence-electron chi connectivity index (χ2n) is 4.07. The van der Waals surface area contributed by atoms with Crippen LogP contribution in [-0.2, 0) is 0 Å². The van der Waals surface area contributed by atoms with E-state index < -0.39 is 11.6 Å². The summed E-state index contributed by atoms with van der Waals surface area (Å²) in [5, 5.41) is 6.06. The normalized spacial score (nSPS) is 10.1. The fourth-order valence-corrected chi connectivity index (χ4v) is 1.74. The van der Waals surface area contributed by atoms with Crippen LogP contribution in [0.2, 0.25) is 0 Å². The van der Waals surface area contributed by atoms with Gasteiger partial charge in [0.15, 0.2) is 16.7 Å². The van der Waals surface area contributed by atoms with Crippen LogP contribution in [0.3, 0.4) is 0 Å². The summed E-state index contributed by atoms with van der Waals surface area (Å²) < 4.78 is 25.8. The molecule has 0 unspecified atom stereocenters. The van der Waals surface area contributed by atoms with Gasteiger partial charge in [0.1, 0.15) is 0 Å². The molecular weight excluding hydrogens is 266 g/mol. The van der Waals surface area contributed by atoms with Gasteiger partial charge in [0.2, 0.25) is 0 Å². The van der Waals surface area contributed by atoms with Crippen LogP contribution in [0.5, 0.6) is 0 Å². The van der Waals surface area contributed by atoms with Gasteiger partial charge in [-0.05, 0) is 43.4 Å². The molecule has 2 rings (SSSR count). The van der Waals surface area contributed by atoms with Crippen molar-refractivity contribution in [2.24, 2.45) is 0 Å². The molecule has 2 aromatic rings. The van der Waals surface area contributed by atoms with E-state index in [1.54, 1.807) is 0 Å². The standard InChI is InChI=1S/C14H12F2N2S/c1-9-2-4-10(5-3-9)17-14(19)18-11-6-7-12(15)13(16)8-11/h2-8H,1H3,(H2,17,18,19). The molecule has 2 aromatic carbocycles. The van der Waals surface area contributed by atoms with Crippen molar-refractivity contribution in [1.82, 2.24) is 0 Å². The Labute approximate surface area is 115 Å². The molecule has 0 heterocycles. The number of rotatable bonds is 2. The summed E-state index contributed by atoms with van der Waals surface area (Å²) in [6.45, 7) is 1.99. The minimum absolute atomic E-state index is 0.315. The molecule has 0 aliphatic carbocycles. The number of thiocarbonyl (C=S) groups is 1. The minimum atomic E-state index is -0.914. The smallest absolute Gasteiger partial charge is 0.175 e. The van der Waals surface area contributed by atoms with E-state index in [4.69, 9.17) is 12.2 Å². The van der Waals surface area contributed by atoms with Crippen molar-refractivity contribution in [3.8, 4) is 0 Å². The van der Waals surface area contributed by atoms with Crippen LogP contribution in [0.1, 0.15) is 5.56 Å². The van der Waals surface area contributed by atoms with Crippen molar-refractivity contribution < 1.29 is 8.78 Å². The number of hydrogen-bond donors (Lipinski definition) is 2. The van der Waals surface area contributed by atoms with Crippen molar-refractivity contribution in [1.29, 1.82) is 0 Å². The maximum Gasteiger partial charge on any atom is 0.175 e. The second-order valence-corrected chi connectivity index (χ2v) is 4.48.